The topological polar surface area (TPSA) is 75.1 Å². The first-order chi connectivity index (χ1) is 15.9. The zero-order valence-electron chi connectivity index (χ0n) is 19.3. The number of benzene rings is 1. The quantitative estimate of drug-likeness (QED) is 0.548. The fraction of sp³-hybridized carbons (Fsp3) is 0.400. The molecule has 7 nitrogen and oxygen atoms in total. The summed E-state index contributed by atoms with van der Waals surface area (Å²) in [5.41, 5.74) is 4.42. The summed E-state index contributed by atoms with van der Waals surface area (Å²) in [7, 11) is 3.83. The van der Waals surface area contributed by atoms with Gasteiger partial charge in [-0.15, -0.1) is 0 Å². The van der Waals surface area contributed by atoms with Crippen molar-refractivity contribution in [2.24, 2.45) is 0 Å². The van der Waals surface area contributed by atoms with E-state index < -0.39 is 0 Å². The molecule has 0 N–H and O–H groups in total. The van der Waals surface area contributed by atoms with Gasteiger partial charge in [-0.3, -0.25) is 4.79 Å². The second-order valence-corrected chi connectivity index (χ2v) is 8.75. The number of carbonyl (C=O) groups is 1. The van der Waals surface area contributed by atoms with Crippen molar-refractivity contribution in [2.75, 3.05) is 32.1 Å². The van der Waals surface area contributed by atoms with Crippen LogP contribution in [-0.2, 0) is 11.2 Å². The van der Waals surface area contributed by atoms with E-state index in [0.717, 1.165) is 41.6 Å². The highest BCUT2D eigenvalue weighted by Gasteiger charge is 2.30. The van der Waals surface area contributed by atoms with Crippen LogP contribution in [0.2, 0.25) is 0 Å². The van der Waals surface area contributed by atoms with E-state index in [-0.39, 0.29) is 17.6 Å². The predicted octanol–water partition coefficient (Wildman–Crippen LogP) is 3.79. The fourth-order valence-electron chi connectivity index (χ4n) is 4.25. The summed E-state index contributed by atoms with van der Waals surface area (Å²) in [6, 6.07) is 5.15. The van der Waals surface area contributed by atoms with Gasteiger partial charge in [0.25, 0.3) is 0 Å². The Morgan fingerprint density at radius 1 is 1.21 bits per heavy atom. The van der Waals surface area contributed by atoms with Gasteiger partial charge in [-0.1, -0.05) is 12.1 Å². The van der Waals surface area contributed by atoms with E-state index in [1.165, 1.54) is 12.4 Å². The van der Waals surface area contributed by atoms with Crippen LogP contribution in [0.25, 0.3) is 11.1 Å². The SMILES string of the molecule is Cc1cc(CCCC(=O)N2CC[C@@H](c3nc(N(C)C)ncc3-c3cncnc3)C2)ccc1F. The highest BCUT2D eigenvalue weighted by Crippen LogP contribution is 2.34. The predicted molar refractivity (Wildman–Crippen MR) is 125 cm³/mol. The molecular weight excluding hydrogens is 419 g/mol. The molecule has 0 spiro atoms. The molecule has 0 bridgehead atoms. The van der Waals surface area contributed by atoms with Gasteiger partial charge in [-0.25, -0.2) is 24.3 Å². The van der Waals surface area contributed by atoms with Crippen LogP contribution in [0.5, 0.6) is 0 Å². The maximum Gasteiger partial charge on any atom is 0.225 e. The number of likely N-dealkylation sites (tertiary alicyclic amines) is 1. The summed E-state index contributed by atoms with van der Waals surface area (Å²) < 4.78 is 13.5. The Kier molecular flexibility index (Phi) is 6.91. The van der Waals surface area contributed by atoms with Crippen molar-refractivity contribution in [1.82, 2.24) is 24.8 Å². The molecule has 2 aromatic heterocycles. The number of carbonyl (C=O) groups excluding carboxylic acids is 1. The number of anilines is 1. The molecule has 3 heterocycles. The molecule has 0 unspecified atom stereocenters. The van der Waals surface area contributed by atoms with Gasteiger partial charge in [0, 0.05) is 69.2 Å². The average Bonchev–Trinajstić information content (AvgIpc) is 3.32. The largest absolute Gasteiger partial charge is 0.347 e. The van der Waals surface area contributed by atoms with E-state index >= 15 is 0 Å². The zero-order valence-corrected chi connectivity index (χ0v) is 19.3. The second kappa shape index (κ2) is 10.0. The van der Waals surface area contributed by atoms with Crippen molar-refractivity contribution in [1.29, 1.82) is 0 Å². The molecule has 1 amide bonds. The van der Waals surface area contributed by atoms with E-state index in [4.69, 9.17) is 4.98 Å². The zero-order chi connectivity index (χ0) is 23.4. The standard InChI is InChI=1S/C25H29FN6O/c1-17-11-18(7-8-22(17)26)5-4-6-23(33)32-10-9-19(15-32)24-21(20-12-27-16-28-13-20)14-29-25(30-24)31(2)3/h7-8,11-14,16,19H,4-6,9-10,15H2,1-3H3/t19-/m1/s1. The number of hydrogen-bond donors (Lipinski definition) is 0. The Labute approximate surface area is 193 Å². The van der Waals surface area contributed by atoms with Crippen LogP contribution in [-0.4, -0.2) is 57.9 Å². The first-order valence-corrected chi connectivity index (χ1v) is 11.2. The van der Waals surface area contributed by atoms with E-state index in [1.54, 1.807) is 25.4 Å². The van der Waals surface area contributed by atoms with Crippen molar-refractivity contribution >= 4 is 11.9 Å². The lowest BCUT2D eigenvalue weighted by Gasteiger charge is -2.19. The minimum Gasteiger partial charge on any atom is -0.347 e. The third-order valence-corrected chi connectivity index (χ3v) is 6.08. The molecule has 0 saturated carbocycles. The monoisotopic (exact) mass is 448 g/mol. The molecule has 33 heavy (non-hydrogen) atoms. The maximum atomic E-state index is 13.5. The van der Waals surface area contributed by atoms with Crippen LogP contribution in [0.15, 0.2) is 43.1 Å². The number of hydrogen-bond acceptors (Lipinski definition) is 6. The first kappa shape index (κ1) is 22.8. The van der Waals surface area contributed by atoms with Crippen LogP contribution < -0.4 is 4.90 Å². The summed E-state index contributed by atoms with van der Waals surface area (Å²) in [4.78, 5) is 34.3. The number of halogens is 1. The van der Waals surface area contributed by atoms with Gasteiger partial charge < -0.3 is 9.80 Å². The average molecular weight is 449 g/mol. The Morgan fingerprint density at radius 3 is 2.73 bits per heavy atom. The minimum atomic E-state index is -0.193. The summed E-state index contributed by atoms with van der Waals surface area (Å²) in [6.07, 6.45) is 9.70. The van der Waals surface area contributed by atoms with E-state index in [9.17, 15) is 9.18 Å². The molecule has 1 aromatic carbocycles. The lowest BCUT2D eigenvalue weighted by molar-refractivity contribution is -0.130. The van der Waals surface area contributed by atoms with Crippen LogP contribution in [0.4, 0.5) is 10.3 Å². The Morgan fingerprint density at radius 2 is 2.00 bits per heavy atom. The summed E-state index contributed by atoms with van der Waals surface area (Å²) in [5, 5.41) is 0. The van der Waals surface area contributed by atoms with Gasteiger partial charge >= 0.3 is 0 Å². The van der Waals surface area contributed by atoms with Crippen molar-refractivity contribution in [2.45, 2.75) is 38.5 Å². The summed E-state index contributed by atoms with van der Waals surface area (Å²) >= 11 is 0. The number of aromatic nitrogens is 4. The molecule has 8 heteroatoms. The van der Waals surface area contributed by atoms with Crippen molar-refractivity contribution < 1.29 is 9.18 Å². The second-order valence-electron chi connectivity index (χ2n) is 8.75. The molecule has 4 rings (SSSR count). The number of nitrogens with zero attached hydrogens (tertiary/aromatic N) is 6. The van der Waals surface area contributed by atoms with Gasteiger partial charge in [0.15, 0.2) is 0 Å². The van der Waals surface area contributed by atoms with Crippen molar-refractivity contribution in [3.05, 3.63) is 65.8 Å². The molecular formula is C25H29FN6O. The molecule has 1 aliphatic rings. The van der Waals surface area contributed by atoms with Crippen LogP contribution in [0, 0.1) is 12.7 Å². The highest BCUT2D eigenvalue weighted by atomic mass is 19.1. The number of rotatable bonds is 7. The smallest absolute Gasteiger partial charge is 0.225 e. The Balaban J connectivity index is 1.43. The number of amides is 1. The molecule has 1 saturated heterocycles. The maximum absolute atomic E-state index is 13.5. The normalized spacial score (nSPS) is 15.6. The first-order valence-electron chi connectivity index (χ1n) is 11.2. The third kappa shape index (κ3) is 5.32. The van der Waals surface area contributed by atoms with E-state index in [0.29, 0.717) is 31.0 Å². The van der Waals surface area contributed by atoms with Crippen LogP contribution >= 0.6 is 0 Å². The Hall–Kier alpha value is -3.42. The van der Waals surface area contributed by atoms with Gasteiger partial charge in [0.05, 0.1) is 5.69 Å². The molecule has 1 atom stereocenters. The lowest BCUT2D eigenvalue weighted by Crippen LogP contribution is -2.28. The van der Waals surface area contributed by atoms with Gasteiger partial charge in [0.2, 0.25) is 11.9 Å². The minimum absolute atomic E-state index is 0.130. The molecule has 172 valence electrons. The van der Waals surface area contributed by atoms with Gasteiger partial charge in [-0.2, -0.15) is 0 Å². The lowest BCUT2D eigenvalue weighted by atomic mass is 9.97. The van der Waals surface area contributed by atoms with Crippen molar-refractivity contribution in [3.63, 3.8) is 0 Å². The molecule has 3 aromatic rings. The van der Waals surface area contributed by atoms with E-state index in [1.807, 2.05) is 36.2 Å². The summed E-state index contributed by atoms with van der Waals surface area (Å²) in [5.74, 6) is 0.736. The number of aryl methyl sites for hydroxylation is 2. The van der Waals surface area contributed by atoms with Crippen LogP contribution in [0.3, 0.4) is 0 Å². The summed E-state index contributed by atoms with van der Waals surface area (Å²) in [6.45, 7) is 3.11. The van der Waals surface area contributed by atoms with Gasteiger partial charge in [0.1, 0.15) is 12.1 Å². The Bertz CT molecular complexity index is 1120. The van der Waals surface area contributed by atoms with Crippen molar-refractivity contribution in [3.8, 4) is 11.1 Å². The van der Waals surface area contributed by atoms with Gasteiger partial charge in [-0.05, 0) is 43.4 Å². The molecule has 1 fully saturated rings. The van der Waals surface area contributed by atoms with Crippen LogP contribution in [0.1, 0.15) is 42.0 Å². The third-order valence-electron chi connectivity index (χ3n) is 6.08. The van der Waals surface area contributed by atoms with E-state index in [2.05, 4.69) is 15.0 Å². The molecule has 0 aliphatic carbocycles. The molecule has 1 aliphatic heterocycles. The highest BCUT2D eigenvalue weighted by molar-refractivity contribution is 5.76. The fourth-order valence-corrected chi connectivity index (χ4v) is 4.25. The molecule has 0 radical (unpaired) electrons.